The van der Waals surface area contributed by atoms with Gasteiger partial charge in [0.05, 0.1) is 10.6 Å². The number of hydrogen-bond donors (Lipinski definition) is 1. The third-order valence-electron chi connectivity index (χ3n) is 5.67. The Morgan fingerprint density at radius 3 is 2.15 bits per heavy atom. The molecule has 0 radical (unpaired) electrons. The van der Waals surface area contributed by atoms with Crippen LogP contribution in [0.2, 0.25) is 0 Å². The largest absolute Gasteiger partial charge is 0.322 e. The molecule has 0 aliphatic carbocycles. The van der Waals surface area contributed by atoms with Crippen molar-refractivity contribution in [1.82, 2.24) is 4.31 Å². The van der Waals surface area contributed by atoms with Crippen LogP contribution in [-0.4, -0.2) is 47.2 Å². The lowest BCUT2D eigenvalue weighted by Gasteiger charge is -2.25. The topological polar surface area (TPSA) is 104 Å². The highest BCUT2D eigenvalue weighted by atomic mass is 32.2. The Labute approximate surface area is 203 Å². The smallest absolute Gasteiger partial charge is 0.273 e. The Bertz CT molecular complexity index is 1350. The Kier molecular flexibility index (Phi) is 7.08. The molecule has 3 aromatic rings. The number of piperidine rings is 1. The van der Waals surface area contributed by atoms with E-state index >= 15 is 0 Å². The first kappa shape index (κ1) is 24.4. The van der Waals surface area contributed by atoms with E-state index in [1.54, 1.807) is 53.9 Å². The number of carbonyl (C=O) groups is 1. The summed E-state index contributed by atoms with van der Waals surface area (Å²) in [5.74, 6) is -0.387. The van der Waals surface area contributed by atoms with Gasteiger partial charge in [-0.1, -0.05) is 12.5 Å². The van der Waals surface area contributed by atoms with Gasteiger partial charge in [-0.15, -0.1) is 11.3 Å². The van der Waals surface area contributed by atoms with Crippen LogP contribution in [0.4, 0.5) is 11.4 Å². The van der Waals surface area contributed by atoms with Crippen LogP contribution >= 0.6 is 11.3 Å². The number of nitrogens with one attached hydrogen (secondary N) is 1. The summed E-state index contributed by atoms with van der Waals surface area (Å²) in [6.45, 7) is 1.06. The molecular weight excluding hydrogens is 494 g/mol. The average Bonchev–Trinajstić information content (AvgIpc) is 3.41. The van der Waals surface area contributed by atoms with Crippen molar-refractivity contribution in [2.45, 2.75) is 28.4 Å². The number of amides is 1. The molecule has 11 heteroatoms. The van der Waals surface area contributed by atoms with E-state index in [9.17, 15) is 21.6 Å². The van der Waals surface area contributed by atoms with Gasteiger partial charge in [-0.3, -0.25) is 9.10 Å². The van der Waals surface area contributed by atoms with Crippen molar-refractivity contribution in [2.24, 2.45) is 0 Å². The highest BCUT2D eigenvalue weighted by Crippen LogP contribution is 2.26. The standard InChI is InChI=1S/C23H25N3O5S3/c1-25(34(30,31)22-6-5-17-32-22)20-11-7-18(8-12-20)23(27)24-19-9-13-21(14-10-19)33(28,29)26-15-3-2-4-16-26/h5-14,17H,2-4,15-16H2,1H3,(H,24,27). The Hall–Kier alpha value is -2.73. The molecule has 8 nitrogen and oxygen atoms in total. The van der Waals surface area contributed by atoms with Gasteiger partial charge in [0.2, 0.25) is 10.0 Å². The lowest BCUT2D eigenvalue weighted by atomic mass is 10.2. The predicted molar refractivity (Wildman–Crippen MR) is 133 cm³/mol. The molecule has 0 bridgehead atoms. The third kappa shape index (κ3) is 5.02. The molecule has 1 aliphatic rings. The van der Waals surface area contributed by atoms with E-state index < -0.39 is 20.0 Å². The van der Waals surface area contributed by atoms with Crippen molar-refractivity contribution < 1.29 is 21.6 Å². The molecule has 0 saturated carbocycles. The summed E-state index contributed by atoms with van der Waals surface area (Å²) in [6, 6.07) is 15.5. The van der Waals surface area contributed by atoms with Crippen LogP contribution < -0.4 is 9.62 Å². The van der Waals surface area contributed by atoms with Crippen LogP contribution in [0.15, 0.2) is 75.1 Å². The van der Waals surface area contributed by atoms with Gasteiger partial charge in [0.1, 0.15) is 4.21 Å². The van der Waals surface area contributed by atoms with Gasteiger partial charge in [0.15, 0.2) is 0 Å². The highest BCUT2D eigenvalue weighted by molar-refractivity contribution is 7.94. The summed E-state index contributed by atoms with van der Waals surface area (Å²) in [5, 5.41) is 4.44. The molecule has 0 atom stereocenters. The number of rotatable bonds is 7. The third-order valence-corrected chi connectivity index (χ3v) is 10.7. The normalized spacial score (nSPS) is 15.1. The van der Waals surface area contributed by atoms with Crippen molar-refractivity contribution in [2.75, 3.05) is 29.8 Å². The maximum absolute atomic E-state index is 12.8. The molecule has 2 heterocycles. The molecular formula is C23H25N3O5S3. The lowest BCUT2D eigenvalue weighted by Crippen LogP contribution is -2.35. The monoisotopic (exact) mass is 519 g/mol. The molecule has 1 aromatic heterocycles. The van der Waals surface area contributed by atoms with Crippen LogP contribution in [0, 0.1) is 0 Å². The number of thiophene rings is 1. The molecule has 1 amide bonds. The second-order valence-electron chi connectivity index (χ2n) is 7.89. The molecule has 180 valence electrons. The second-order valence-corrected chi connectivity index (χ2v) is 13.0. The van der Waals surface area contributed by atoms with E-state index in [1.165, 1.54) is 27.8 Å². The summed E-state index contributed by atoms with van der Waals surface area (Å²) in [6.07, 6.45) is 2.77. The summed E-state index contributed by atoms with van der Waals surface area (Å²) < 4.78 is 53.8. The number of nitrogens with zero attached hydrogens (tertiary/aromatic N) is 2. The van der Waals surface area contributed by atoms with E-state index in [2.05, 4.69) is 5.32 Å². The molecule has 4 rings (SSSR count). The van der Waals surface area contributed by atoms with E-state index in [1.807, 2.05) is 0 Å². The van der Waals surface area contributed by atoms with E-state index in [-0.39, 0.29) is 15.0 Å². The number of carbonyl (C=O) groups excluding carboxylic acids is 1. The minimum Gasteiger partial charge on any atom is -0.322 e. The number of anilines is 2. The summed E-state index contributed by atoms with van der Waals surface area (Å²) >= 11 is 1.14. The van der Waals surface area contributed by atoms with Gasteiger partial charge in [-0.05, 0) is 72.8 Å². The van der Waals surface area contributed by atoms with Crippen LogP contribution in [0.25, 0.3) is 0 Å². The maximum atomic E-state index is 12.8. The van der Waals surface area contributed by atoms with Gasteiger partial charge >= 0.3 is 0 Å². The molecule has 2 aromatic carbocycles. The van der Waals surface area contributed by atoms with Crippen molar-refractivity contribution in [3.05, 3.63) is 71.6 Å². The quantitative estimate of drug-likeness (QED) is 0.508. The zero-order valence-corrected chi connectivity index (χ0v) is 21.0. The van der Waals surface area contributed by atoms with Crippen LogP contribution in [0.5, 0.6) is 0 Å². The average molecular weight is 520 g/mol. The zero-order chi connectivity index (χ0) is 24.3. The van der Waals surface area contributed by atoms with Crippen LogP contribution in [0.1, 0.15) is 29.6 Å². The molecule has 34 heavy (non-hydrogen) atoms. The Balaban J connectivity index is 1.43. The minimum atomic E-state index is -3.66. The molecule has 1 aliphatic heterocycles. The van der Waals surface area contributed by atoms with E-state index in [0.29, 0.717) is 30.0 Å². The summed E-state index contributed by atoms with van der Waals surface area (Å²) in [4.78, 5) is 12.8. The molecule has 1 fully saturated rings. The van der Waals surface area contributed by atoms with Gasteiger partial charge in [0.25, 0.3) is 15.9 Å². The van der Waals surface area contributed by atoms with E-state index in [0.717, 1.165) is 30.6 Å². The van der Waals surface area contributed by atoms with Crippen LogP contribution in [0.3, 0.4) is 0 Å². The van der Waals surface area contributed by atoms with Gasteiger partial charge < -0.3 is 5.32 Å². The Morgan fingerprint density at radius 1 is 0.912 bits per heavy atom. The van der Waals surface area contributed by atoms with Crippen LogP contribution in [-0.2, 0) is 20.0 Å². The first-order valence-corrected chi connectivity index (χ1v) is 14.5. The fraction of sp³-hybridized carbons (Fsp3) is 0.261. The summed E-state index contributed by atoms with van der Waals surface area (Å²) in [7, 11) is -5.73. The molecule has 0 spiro atoms. The van der Waals surface area contributed by atoms with Crippen molar-refractivity contribution >= 4 is 48.7 Å². The highest BCUT2D eigenvalue weighted by Gasteiger charge is 2.26. The van der Waals surface area contributed by atoms with Crippen molar-refractivity contribution in [1.29, 1.82) is 0 Å². The molecule has 1 saturated heterocycles. The SMILES string of the molecule is CN(c1ccc(C(=O)Nc2ccc(S(=O)(=O)N3CCCCC3)cc2)cc1)S(=O)(=O)c1cccs1. The van der Waals surface area contributed by atoms with Gasteiger partial charge in [-0.25, -0.2) is 16.8 Å². The maximum Gasteiger partial charge on any atom is 0.273 e. The first-order chi connectivity index (χ1) is 16.2. The fourth-order valence-electron chi connectivity index (χ4n) is 3.67. The van der Waals surface area contributed by atoms with Gasteiger partial charge in [0, 0.05) is 31.4 Å². The first-order valence-electron chi connectivity index (χ1n) is 10.7. The molecule has 1 N–H and O–H groups in total. The number of hydrogen-bond acceptors (Lipinski definition) is 6. The fourth-order valence-corrected chi connectivity index (χ4v) is 7.55. The lowest BCUT2D eigenvalue weighted by molar-refractivity contribution is 0.102. The zero-order valence-electron chi connectivity index (χ0n) is 18.5. The predicted octanol–water partition coefficient (Wildman–Crippen LogP) is 4.00. The number of benzene rings is 2. The number of sulfonamides is 2. The summed E-state index contributed by atoms with van der Waals surface area (Å²) in [5.41, 5.74) is 1.23. The van der Waals surface area contributed by atoms with Gasteiger partial charge in [-0.2, -0.15) is 4.31 Å². The minimum absolute atomic E-state index is 0.201. The second kappa shape index (κ2) is 9.87. The Morgan fingerprint density at radius 2 is 1.56 bits per heavy atom. The van der Waals surface area contributed by atoms with Crippen molar-refractivity contribution in [3.8, 4) is 0 Å². The van der Waals surface area contributed by atoms with Crippen molar-refractivity contribution in [3.63, 3.8) is 0 Å². The van der Waals surface area contributed by atoms with E-state index in [4.69, 9.17) is 0 Å². The molecule has 0 unspecified atom stereocenters.